The first kappa shape index (κ1) is 29.9. The van der Waals surface area contributed by atoms with Crippen LogP contribution in [-0.2, 0) is 16.1 Å². The van der Waals surface area contributed by atoms with Gasteiger partial charge in [-0.15, -0.1) is 6.58 Å². The number of alkyl halides is 3. The van der Waals surface area contributed by atoms with Crippen molar-refractivity contribution in [2.45, 2.75) is 63.7 Å². The summed E-state index contributed by atoms with van der Waals surface area (Å²) in [6.45, 7) is 3.91. The fourth-order valence-electron chi connectivity index (χ4n) is 4.81. The molecular formula is C27H33F4N5O3. The van der Waals surface area contributed by atoms with Crippen molar-refractivity contribution in [2.24, 2.45) is 5.92 Å². The number of carbonyl (C=O) groups is 3. The standard InChI is InChI=1S/C27H33F4N5O3/c1-4-14-36-22(12-13-32-36)24(37)34-23(18-8-6-5-7-9-18)25(38)33-21-11-10-19(15-20(21)28)17(2)26(39)35(3)16-27(29,30)31/h4,10-13,15,17-18,23H,1,5-9,14,16H2,2-3H3,(H,33,38)(H,34,37). The van der Waals surface area contributed by atoms with E-state index < -0.39 is 48.2 Å². The first-order valence-electron chi connectivity index (χ1n) is 12.8. The summed E-state index contributed by atoms with van der Waals surface area (Å²) < 4.78 is 54.4. The van der Waals surface area contributed by atoms with E-state index in [4.69, 9.17) is 0 Å². The maximum atomic E-state index is 15.0. The third-order valence-electron chi connectivity index (χ3n) is 6.86. The molecule has 0 aliphatic heterocycles. The maximum Gasteiger partial charge on any atom is 0.406 e. The number of hydrogen-bond acceptors (Lipinski definition) is 4. The summed E-state index contributed by atoms with van der Waals surface area (Å²) in [6, 6.07) is 4.25. The van der Waals surface area contributed by atoms with Crippen LogP contribution in [-0.4, -0.2) is 58.2 Å². The molecule has 2 aromatic rings. The summed E-state index contributed by atoms with van der Waals surface area (Å²) in [7, 11) is 1.03. The molecule has 0 radical (unpaired) electrons. The van der Waals surface area contributed by atoms with E-state index in [2.05, 4.69) is 22.3 Å². The lowest BCUT2D eigenvalue weighted by molar-refractivity contribution is -0.159. The molecule has 8 nitrogen and oxygen atoms in total. The van der Waals surface area contributed by atoms with Crippen LogP contribution >= 0.6 is 0 Å². The number of hydrogen-bond donors (Lipinski definition) is 2. The van der Waals surface area contributed by atoms with Crippen LogP contribution < -0.4 is 10.6 Å². The van der Waals surface area contributed by atoms with Gasteiger partial charge in [-0.1, -0.05) is 31.4 Å². The topological polar surface area (TPSA) is 96.3 Å². The van der Waals surface area contributed by atoms with Crippen molar-refractivity contribution in [1.29, 1.82) is 0 Å². The molecule has 1 heterocycles. The Hall–Kier alpha value is -3.70. The highest BCUT2D eigenvalue weighted by molar-refractivity contribution is 6.00. The van der Waals surface area contributed by atoms with Gasteiger partial charge in [-0.2, -0.15) is 18.3 Å². The van der Waals surface area contributed by atoms with E-state index in [1.54, 1.807) is 6.08 Å². The number of allylic oxidation sites excluding steroid dienone is 1. The number of halogens is 4. The zero-order valence-electron chi connectivity index (χ0n) is 21.9. The van der Waals surface area contributed by atoms with Crippen LogP contribution in [0.25, 0.3) is 0 Å². The Morgan fingerprint density at radius 1 is 1.21 bits per heavy atom. The highest BCUT2D eigenvalue weighted by atomic mass is 19.4. The van der Waals surface area contributed by atoms with Crippen LogP contribution in [0.2, 0.25) is 0 Å². The number of aromatic nitrogens is 2. The summed E-state index contributed by atoms with van der Waals surface area (Å²) in [5.41, 5.74) is 0.254. The molecule has 2 N–H and O–H groups in total. The van der Waals surface area contributed by atoms with Gasteiger partial charge in [0.25, 0.3) is 5.91 Å². The lowest BCUT2D eigenvalue weighted by Crippen LogP contribution is -2.49. The highest BCUT2D eigenvalue weighted by Crippen LogP contribution is 2.29. The van der Waals surface area contributed by atoms with Gasteiger partial charge in [0.05, 0.1) is 18.2 Å². The zero-order chi connectivity index (χ0) is 28.7. The minimum Gasteiger partial charge on any atom is -0.339 e. The predicted octanol–water partition coefficient (Wildman–Crippen LogP) is 4.65. The van der Waals surface area contributed by atoms with Crippen molar-refractivity contribution < 1.29 is 31.9 Å². The Morgan fingerprint density at radius 3 is 2.51 bits per heavy atom. The SMILES string of the molecule is C=CCn1nccc1C(=O)NC(C(=O)Nc1ccc(C(C)C(=O)N(C)CC(F)(F)F)cc1F)C1CCCCC1. The molecule has 2 unspecified atom stereocenters. The van der Waals surface area contributed by atoms with E-state index in [9.17, 15) is 27.6 Å². The molecular weight excluding hydrogens is 518 g/mol. The molecule has 1 aliphatic carbocycles. The van der Waals surface area contributed by atoms with Gasteiger partial charge < -0.3 is 15.5 Å². The number of amides is 3. The number of nitrogens with one attached hydrogen (secondary N) is 2. The van der Waals surface area contributed by atoms with Gasteiger partial charge in [0.15, 0.2) is 0 Å². The van der Waals surface area contributed by atoms with Crippen LogP contribution in [0.15, 0.2) is 43.1 Å². The summed E-state index contributed by atoms with van der Waals surface area (Å²) in [5, 5.41) is 9.41. The fraction of sp³-hybridized carbons (Fsp3) is 0.481. The second-order valence-electron chi connectivity index (χ2n) is 9.80. The van der Waals surface area contributed by atoms with Gasteiger partial charge in [-0.05, 0) is 49.4 Å². The molecule has 0 saturated heterocycles. The van der Waals surface area contributed by atoms with Crippen LogP contribution in [0.4, 0.5) is 23.2 Å². The van der Waals surface area contributed by atoms with Gasteiger partial charge in [0.2, 0.25) is 11.8 Å². The first-order chi connectivity index (χ1) is 18.4. The smallest absolute Gasteiger partial charge is 0.339 e. The maximum absolute atomic E-state index is 15.0. The minimum absolute atomic E-state index is 0.150. The van der Waals surface area contributed by atoms with Crippen LogP contribution in [0.3, 0.4) is 0 Å². The molecule has 212 valence electrons. The molecule has 1 saturated carbocycles. The number of nitrogens with zero attached hydrogens (tertiary/aromatic N) is 3. The third kappa shape index (κ3) is 7.90. The number of benzene rings is 1. The molecule has 3 amide bonds. The van der Waals surface area contributed by atoms with E-state index in [1.807, 2.05) is 0 Å². The van der Waals surface area contributed by atoms with Gasteiger partial charge in [0.1, 0.15) is 24.1 Å². The highest BCUT2D eigenvalue weighted by Gasteiger charge is 2.34. The summed E-state index contributed by atoms with van der Waals surface area (Å²) >= 11 is 0. The zero-order valence-corrected chi connectivity index (χ0v) is 21.9. The Bertz CT molecular complexity index is 1190. The second kappa shape index (κ2) is 12.9. The molecule has 12 heteroatoms. The molecule has 1 aromatic carbocycles. The normalized spacial score (nSPS) is 15.7. The molecule has 0 spiro atoms. The van der Waals surface area contributed by atoms with E-state index in [0.29, 0.717) is 11.4 Å². The van der Waals surface area contributed by atoms with Gasteiger partial charge in [-0.25, -0.2) is 4.39 Å². The molecule has 1 aromatic heterocycles. The average molecular weight is 552 g/mol. The van der Waals surface area contributed by atoms with Crippen molar-refractivity contribution in [3.8, 4) is 0 Å². The molecule has 3 rings (SSSR count). The van der Waals surface area contributed by atoms with Crippen molar-refractivity contribution in [1.82, 2.24) is 20.0 Å². The Morgan fingerprint density at radius 2 is 1.90 bits per heavy atom. The fourth-order valence-corrected chi connectivity index (χ4v) is 4.81. The van der Waals surface area contributed by atoms with Crippen molar-refractivity contribution in [2.75, 3.05) is 18.9 Å². The van der Waals surface area contributed by atoms with Crippen molar-refractivity contribution in [3.05, 3.63) is 60.2 Å². The third-order valence-corrected chi connectivity index (χ3v) is 6.86. The number of carbonyl (C=O) groups excluding carboxylic acids is 3. The van der Waals surface area contributed by atoms with Gasteiger partial charge in [-0.3, -0.25) is 19.1 Å². The minimum atomic E-state index is -4.56. The van der Waals surface area contributed by atoms with E-state index >= 15 is 4.39 Å². The molecule has 2 atom stereocenters. The average Bonchev–Trinajstić information content (AvgIpc) is 3.35. The number of anilines is 1. The summed E-state index contributed by atoms with van der Waals surface area (Å²) in [5.74, 6) is -3.94. The molecule has 1 aliphatic rings. The van der Waals surface area contributed by atoms with E-state index in [0.717, 1.165) is 45.2 Å². The monoisotopic (exact) mass is 551 g/mol. The second-order valence-corrected chi connectivity index (χ2v) is 9.80. The van der Waals surface area contributed by atoms with Crippen LogP contribution in [0.5, 0.6) is 0 Å². The Balaban J connectivity index is 1.76. The van der Waals surface area contributed by atoms with Crippen LogP contribution in [0, 0.1) is 11.7 Å². The molecule has 1 fully saturated rings. The summed E-state index contributed by atoms with van der Waals surface area (Å²) in [4.78, 5) is 39.3. The van der Waals surface area contributed by atoms with Crippen molar-refractivity contribution in [3.63, 3.8) is 0 Å². The van der Waals surface area contributed by atoms with Gasteiger partial charge >= 0.3 is 6.18 Å². The first-order valence-corrected chi connectivity index (χ1v) is 12.8. The van der Waals surface area contributed by atoms with E-state index in [1.165, 1.54) is 36.0 Å². The quantitative estimate of drug-likeness (QED) is 0.332. The lowest BCUT2D eigenvalue weighted by Gasteiger charge is -2.30. The largest absolute Gasteiger partial charge is 0.406 e. The Kier molecular flexibility index (Phi) is 9.87. The number of rotatable bonds is 10. The lowest BCUT2D eigenvalue weighted by atomic mass is 9.83. The summed E-state index contributed by atoms with van der Waals surface area (Å²) in [6.07, 6.45) is 2.76. The van der Waals surface area contributed by atoms with E-state index in [-0.39, 0.29) is 22.9 Å². The van der Waals surface area contributed by atoms with Crippen molar-refractivity contribution >= 4 is 23.4 Å². The van der Waals surface area contributed by atoms with Crippen LogP contribution in [0.1, 0.15) is 61.0 Å². The predicted molar refractivity (Wildman–Crippen MR) is 137 cm³/mol. The Labute approximate surface area is 224 Å². The molecule has 0 bridgehead atoms. The van der Waals surface area contributed by atoms with Gasteiger partial charge in [0, 0.05) is 13.2 Å². The molecule has 39 heavy (non-hydrogen) atoms. The number of likely N-dealkylation sites (N-methyl/N-ethyl adjacent to an activating group) is 1.